The molecule has 0 spiro atoms. The van der Waals surface area contributed by atoms with Gasteiger partial charge in [-0.2, -0.15) is 0 Å². The summed E-state index contributed by atoms with van der Waals surface area (Å²) >= 11 is 0. The monoisotopic (exact) mass is 169 g/mol. The summed E-state index contributed by atoms with van der Waals surface area (Å²) in [6, 6.07) is 0. The van der Waals surface area contributed by atoms with Crippen molar-refractivity contribution in [1.29, 1.82) is 0 Å². The zero-order chi connectivity index (χ0) is 8.60. The van der Waals surface area contributed by atoms with Crippen molar-refractivity contribution < 1.29 is 5.11 Å². The largest absolute Gasteiger partial charge is 0.390 e. The summed E-state index contributed by atoms with van der Waals surface area (Å²) in [5.74, 6) is 0.611. The quantitative estimate of drug-likeness (QED) is 0.672. The van der Waals surface area contributed by atoms with Crippen molar-refractivity contribution in [3.63, 3.8) is 0 Å². The molecule has 0 bridgehead atoms. The molecule has 0 radical (unpaired) electrons. The van der Waals surface area contributed by atoms with E-state index in [9.17, 15) is 5.11 Å². The lowest BCUT2D eigenvalue weighted by Gasteiger charge is -2.33. The van der Waals surface area contributed by atoms with E-state index >= 15 is 0 Å². The van der Waals surface area contributed by atoms with Crippen molar-refractivity contribution in [2.45, 2.75) is 38.2 Å². The Bertz CT molecular complexity index is 157. The molecule has 1 saturated heterocycles. The summed E-state index contributed by atoms with van der Waals surface area (Å²) in [6.45, 7) is 5.78. The molecule has 1 aliphatic heterocycles. The lowest BCUT2D eigenvalue weighted by Crippen LogP contribution is -2.38. The highest BCUT2D eigenvalue weighted by Gasteiger charge is 2.47. The fourth-order valence-electron chi connectivity index (χ4n) is 2.32. The van der Waals surface area contributed by atoms with Gasteiger partial charge in [-0.05, 0) is 51.2 Å². The number of piperidine rings is 1. The summed E-state index contributed by atoms with van der Waals surface area (Å²) in [6.07, 6.45) is 4.54. The number of hydrogen-bond acceptors (Lipinski definition) is 2. The van der Waals surface area contributed by atoms with Crippen LogP contribution in [-0.4, -0.2) is 35.2 Å². The maximum atomic E-state index is 9.89. The highest BCUT2D eigenvalue weighted by molar-refractivity contribution is 5.00. The standard InChI is InChI=1S/C10H19NO/c1-2-11-7-3-9(4-8-11)10(12)5-6-10/h9,12H,2-8H2,1H3. The molecule has 0 aromatic carbocycles. The maximum absolute atomic E-state index is 9.89. The van der Waals surface area contributed by atoms with Gasteiger partial charge < -0.3 is 10.0 Å². The highest BCUT2D eigenvalue weighted by Crippen LogP contribution is 2.46. The molecule has 1 heterocycles. The fourth-order valence-corrected chi connectivity index (χ4v) is 2.32. The van der Waals surface area contributed by atoms with Crippen LogP contribution in [0.25, 0.3) is 0 Å². The molecule has 1 aliphatic carbocycles. The van der Waals surface area contributed by atoms with E-state index < -0.39 is 0 Å². The molecule has 2 aliphatic rings. The number of aliphatic hydroxyl groups is 1. The molecule has 0 unspecified atom stereocenters. The van der Waals surface area contributed by atoms with Gasteiger partial charge in [-0.3, -0.25) is 0 Å². The second-order valence-corrected chi connectivity index (χ2v) is 4.31. The SMILES string of the molecule is CCN1CCC(C2(O)CC2)CC1. The number of nitrogens with zero attached hydrogens (tertiary/aromatic N) is 1. The van der Waals surface area contributed by atoms with Gasteiger partial charge in [-0.25, -0.2) is 0 Å². The smallest absolute Gasteiger partial charge is 0.0678 e. The van der Waals surface area contributed by atoms with Crippen molar-refractivity contribution in [2.24, 2.45) is 5.92 Å². The first-order chi connectivity index (χ1) is 5.74. The fraction of sp³-hybridized carbons (Fsp3) is 1.00. The van der Waals surface area contributed by atoms with Gasteiger partial charge >= 0.3 is 0 Å². The molecule has 0 aromatic rings. The summed E-state index contributed by atoms with van der Waals surface area (Å²) in [7, 11) is 0. The van der Waals surface area contributed by atoms with Crippen LogP contribution in [0.4, 0.5) is 0 Å². The van der Waals surface area contributed by atoms with E-state index in [1.165, 1.54) is 32.5 Å². The van der Waals surface area contributed by atoms with E-state index in [0.717, 1.165) is 12.8 Å². The van der Waals surface area contributed by atoms with Crippen LogP contribution in [0.1, 0.15) is 32.6 Å². The molecule has 1 N–H and O–H groups in total. The van der Waals surface area contributed by atoms with Crippen LogP contribution in [0.5, 0.6) is 0 Å². The van der Waals surface area contributed by atoms with Gasteiger partial charge in [0.2, 0.25) is 0 Å². The van der Waals surface area contributed by atoms with Crippen LogP contribution < -0.4 is 0 Å². The van der Waals surface area contributed by atoms with E-state index in [1.54, 1.807) is 0 Å². The molecule has 1 saturated carbocycles. The Hall–Kier alpha value is -0.0800. The zero-order valence-electron chi connectivity index (χ0n) is 7.92. The number of likely N-dealkylation sites (tertiary alicyclic amines) is 1. The van der Waals surface area contributed by atoms with E-state index in [0.29, 0.717) is 5.92 Å². The van der Waals surface area contributed by atoms with Crippen molar-refractivity contribution in [3.05, 3.63) is 0 Å². The maximum Gasteiger partial charge on any atom is 0.0678 e. The van der Waals surface area contributed by atoms with E-state index in [1.807, 2.05) is 0 Å². The third kappa shape index (κ3) is 1.50. The topological polar surface area (TPSA) is 23.5 Å². The second kappa shape index (κ2) is 3.00. The predicted molar refractivity (Wildman–Crippen MR) is 49.0 cm³/mol. The third-order valence-corrected chi connectivity index (χ3v) is 3.56. The Morgan fingerprint density at radius 3 is 2.33 bits per heavy atom. The summed E-state index contributed by atoms with van der Waals surface area (Å²) in [4.78, 5) is 2.47. The van der Waals surface area contributed by atoms with Gasteiger partial charge in [0.1, 0.15) is 0 Å². The van der Waals surface area contributed by atoms with Crippen LogP contribution >= 0.6 is 0 Å². The Morgan fingerprint density at radius 1 is 1.33 bits per heavy atom. The molecule has 2 fully saturated rings. The predicted octanol–water partition coefficient (Wildman–Crippen LogP) is 1.24. The minimum absolute atomic E-state index is 0.222. The van der Waals surface area contributed by atoms with Crippen molar-refractivity contribution in [3.8, 4) is 0 Å². The Morgan fingerprint density at radius 2 is 1.92 bits per heavy atom. The van der Waals surface area contributed by atoms with Gasteiger partial charge in [0.05, 0.1) is 5.60 Å². The second-order valence-electron chi connectivity index (χ2n) is 4.31. The number of hydrogen-bond donors (Lipinski definition) is 1. The molecule has 2 heteroatoms. The normalized spacial score (nSPS) is 30.5. The molecular formula is C10H19NO. The zero-order valence-corrected chi connectivity index (χ0v) is 7.92. The van der Waals surface area contributed by atoms with Crippen LogP contribution in [-0.2, 0) is 0 Å². The molecule has 2 nitrogen and oxygen atoms in total. The molecule has 70 valence electrons. The first kappa shape index (κ1) is 8.52. The average Bonchev–Trinajstić information content (AvgIpc) is 2.85. The lowest BCUT2D eigenvalue weighted by molar-refractivity contribution is 0.0405. The summed E-state index contributed by atoms with van der Waals surface area (Å²) in [5.41, 5.74) is -0.222. The van der Waals surface area contributed by atoms with Crippen molar-refractivity contribution in [1.82, 2.24) is 4.90 Å². The minimum Gasteiger partial charge on any atom is -0.390 e. The Kier molecular flexibility index (Phi) is 2.13. The highest BCUT2D eigenvalue weighted by atomic mass is 16.3. The summed E-state index contributed by atoms with van der Waals surface area (Å²) in [5, 5.41) is 9.89. The molecule has 0 aromatic heterocycles. The van der Waals surface area contributed by atoms with E-state index in [4.69, 9.17) is 0 Å². The molecular weight excluding hydrogens is 150 g/mol. The van der Waals surface area contributed by atoms with E-state index in [-0.39, 0.29) is 5.60 Å². The van der Waals surface area contributed by atoms with Gasteiger partial charge in [0, 0.05) is 0 Å². The first-order valence-corrected chi connectivity index (χ1v) is 5.19. The van der Waals surface area contributed by atoms with Crippen molar-refractivity contribution >= 4 is 0 Å². The van der Waals surface area contributed by atoms with Gasteiger partial charge in [0.15, 0.2) is 0 Å². The third-order valence-electron chi connectivity index (χ3n) is 3.56. The van der Waals surface area contributed by atoms with Crippen LogP contribution in [0.3, 0.4) is 0 Å². The van der Waals surface area contributed by atoms with Gasteiger partial charge in [-0.15, -0.1) is 0 Å². The molecule has 12 heavy (non-hydrogen) atoms. The minimum atomic E-state index is -0.222. The molecule has 2 rings (SSSR count). The average molecular weight is 169 g/mol. The van der Waals surface area contributed by atoms with Crippen molar-refractivity contribution in [2.75, 3.05) is 19.6 Å². The molecule has 0 amide bonds. The molecule has 0 atom stereocenters. The van der Waals surface area contributed by atoms with Gasteiger partial charge in [-0.1, -0.05) is 6.92 Å². The number of rotatable bonds is 2. The van der Waals surface area contributed by atoms with Crippen LogP contribution in [0, 0.1) is 5.92 Å². The van der Waals surface area contributed by atoms with Crippen LogP contribution in [0.15, 0.2) is 0 Å². The van der Waals surface area contributed by atoms with Crippen LogP contribution in [0.2, 0.25) is 0 Å². The Labute approximate surface area is 74.6 Å². The Balaban J connectivity index is 1.82. The van der Waals surface area contributed by atoms with E-state index in [2.05, 4.69) is 11.8 Å². The lowest BCUT2D eigenvalue weighted by atomic mass is 9.89. The first-order valence-electron chi connectivity index (χ1n) is 5.19. The van der Waals surface area contributed by atoms with Gasteiger partial charge in [0.25, 0.3) is 0 Å². The summed E-state index contributed by atoms with van der Waals surface area (Å²) < 4.78 is 0.